The van der Waals surface area contributed by atoms with Crippen LogP contribution in [0.5, 0.6) is 0 Å². The second kappa shape index (κ2) is 6.66. The summed E-state index contributed by atoms with van der Waals surface area (Å²) in [4.78, 5) is 14.6. The van der Waals surface area contributed by atoms with Crippen molar-refractivity contribution in [3.63, 3.8) is 0 Å². The van der Waals surface area contributed by atoms with E-state index < -0.39 is 0 Å². The van der Waals surface area contributed by atoms with Crippen LogP contribution in [-0.4, -0.2) is 30.1 Å². The van der Waals surface area contributed by atoms with Gasteiger partial charge in [-0.25, -0.2) is 0 Å². The van der Waals surface area contributed by atoms with Crippen molar-refractivity contribution in [1.82, 2.24) is 4.90 Å². The summed E-state index contributed by atoms with van der Waals surface area (Å²) in [6.45, 7) is 6.05. The summed E-state index contributed by atoms with van der Waals surface area (Å²) in [5, 5.41) is 0. The zero-order valence-corrected chi connectivity index (χ0v) is 13.2. The smallest absolute Gasteiger partial charge is 0.246 e. The van der Waals surface area contributed by atoms with Gasteiger partial charge in [-0.05, 0) is 42.7 Å². The maximum Gasteiger partial charge on any atom is 0.246 e. The summed E-state index contributed by atoms with van der Waals surface area (Å²) in [5.41, 5.74) is 1.44. The quantitative estimate of drug-likeness (QED) is 0.796. The summed E-state index contributed by atoms with van der Waals surface area (Å²) in [7, 11) is 0. The number of hydrogen-bond donors (Lipinski definition) is 0. The Hall–Kier alpha value is -1.61. The van der Waals surface area contributed by atoms with Gasteiger partial charge in [0.05, 0.1) is 0 Å². The molecule has 1 aliphatic heterocycles. The van der Waals surface area contributed by atoms with Gasteiger partial charge in [-0.3, -0.25) is 4.79 Å². The van der Waals surface area contributed by atoms with E-state index in [0.717, 1.165) is 32.5 Å². The first-order chi connectivity index (χ1) is 10.7. The molecule has 0 N–H and O–H groups in total. The van der Waals surface area contributed by atoms with Gasteiger partial charge in [-0.1, -0.05) is 43.3 Å². The SMILES string of the molecule is C=CC(=O)N(Cc1ccccc1)C1CCCC12CCOCC2. The van der Waals surface area contributed by atoms with E-state index >= 15 is 0 Å². The van der Waals surface area contributed by atoms with Gasteiger partial charge in [0, 0.05) is 25.8 Å². The highest BCUT2D eigenvalue weighted by molar-refractivity contribution is 5.87. The fourth-order valence-corrected chi connectivity index (χ4v) is 4.21. The molecule has 1 saturated carbocycles. The summed E-state index contributed by atoms with van der Waals surface area (Å²) < 4.78 is 5.57. The molecule has 1 aromatic carbocycles. The van der Waals surface area contributed by atoms with E-state index in [-0.39, 0.29) is 11.3 Å². The Morgan fingerprint density at radius 3 is 2.68 bits per heavy atom. The highest BCUT2D eigenvalue weighted by Crippen LogP contribution is 2.48. The third-order valence-corrected chi connectivity index (χ3v) is 5.38. The molecule has 2 aliphatic rings. The molecule has 1 saturated heterocycles. The number of benzene rings is 1. The van der Waals surface area contributed by atoms with Gasteiger partial charge in [0.1, 0.15) is 0 Å². The molecule has 3 heteroatoms. The third kappa shape index (κ3) is 2.95. The van der Waals surface area contributed by atoms with Crippen LogP contribution >= 0.6 is 0 Å². The van der Waals surface area contributed by atoms with Crippen molar-refractivity contribution < 1.29 is 9.53 Å². The lowest BCUT2D eigenvalue weighted by molar-refractivity contribution is -0.133. The summed E-state index contributed by atoms with van der Waals surface area (Å²) in [5.74, 6) is 0.0571. The fourth-order valence-electron chi connectivity index (χ4n) is 4.21. The van der Waals surface area contributed by atoms with Crippen LogP contribution in [0.1, 0.15) is 37.7 Å². The Bertz CT molecular complexity index is 519. The molecule has 1 aliphatic carbocycles. The average Bonchev–Trinajstić information content (AvgIpc) is 2.96. The van der Waals surface area contributed by atoms with Crippen molar-refractivity contribution >= 4 is 5.91 Å². The number of rotatable bonds is 4. The largest absolute Gasteiger partial charge is 0.381 e. The number of hydrogen-bond acceptors (Lipinski definition) is 2. The van der Waals surface area contributed by atoms with E-state index in [4.69, 9.17) is 4.74 Å². The topological polar surface area (TPSA) is 29.5 Å². The Morgan fingerprint density at radius 2 is 2.00 bits per heavy atom. The number of carbonyl (C=O) groups excluding carboxylic acids is 1. The lowest BCUT2D eigenvalue weighted by Gasteiger charge is -2.44. The van der Waals surface area contributed by atoms with Crippen LogP contribution in [-0.2, 0) is 16.1 Å². The first-order valence-corrected chi connectivity index (χ1v) is 8.30. The zero-order chi connectivity index (χ0) is 15.4. The first-order valence-electron chi connectivity index (χ1n) is 8.30. The van der Waals surface area contributed by atoms with E-state index in [0.29, 0.717) is 12.6 Å². The van der Waals surface area contributed by atoms with Crippen LogP contribution in [0.15, 0.2) is 43.0 Å². The van der Waals surface area contributed by atoms with Crippen molar-refractivity contribution in [2.75, 3.05) is 13.2 Å². The van der Waals surface area contributed by atoms with Gasteiger partial charge >= 0.3 is 0 Å². The summed E-state index contributed by atoms with van der Waals surface area (Å²) in [6, 6.07) is 10.6. The summed E-state index contributed by atoms with van der Waals surface area (Å²) >= 11 is 0. The molecule has 22 heavy (non-hydrogen) atoms. The minimum atomic E-state index is 0.0571. The maximum absolute atomic E-state index is 12.5. The Balaban J connectivity index is 1.85. The van der Waals surface area contributed by atoms with Gasteiger partial charge in [0.15, 0.2) is 0 Å². The van der Waals surface area contributed by atoms with Crippen LogP contribution in [0, 0.1) is 5.41 Å². The molecule has 0 aromatic heterocycles. The molecule has 1 atom stereocenters. The van der Waals surface area contributed by atoms with Crippen molar-refractivity contribution in [1.29, 1.82) is 0 Å². The molecule has 1 heterocycles. The van der Waals surface area contributed by atoms with Crippen LogP contribution in [0.3, 0.4) is 0 Å². The van der Waals surface area contributed by atoms with Gasteiger partial charge in [0.25, 0.3) is 0 Å². The van der Waals surface area contributed by atoms with Gasteiger partial charge in [0.2, 0.25) is 5.91 Å². The van der Waals surface area contributed by atoms with Gasteiger partial charge in [-0.2, -0.15) is 0 Å². The van der Waals surface area contributed by atoms with Crippen LogP contribution in [0.2, 0.25) is 0 Å². The van der Waals surface area contributed by atoms with E-state index in [9.17, 15) is 4.79 Å². The van der Waals surface area contributed by atoms with Crippen molar-refractivity contribution in [3.8, 4) is 0 Å². The van der Waals surface area contributed by atoms with Crippen molar-refractivity contribution in [3.05, 3.63) is 48.6 Å². The molecule has 0 bridgehead atoms. The normalized spacial score (nSPS) is 23.4. The van der Waals surface area contributed by atoms with Crippen molar-refractivity contribution in [2.24, 2.45) is 5.41 Å². The lowest BCUT2D eigenvalue weighted by atomic mass is 9.75. The zero-order valence-electron chi connectivity index (χ0n) is 13.2. The predicted octanol–water partition coefficient (Wildman–Crippen LogP) is 3.55. The number of ether oxygens (including phenoxy) is 1. The Morgan fingerprint density at radius 1 is 1.27 bits per heavy atom. The molecule has 1 amide bonds. The molecular formula is C19H25NO2. The molecule has 2 fully saturated rings. The monoisotopic (exact) mass is 299 g/mol. The van der Waals surface area contributed by atoms with E-state index in [1.807, 2.05) is 18.2 Å². The molecule has 3 nitrogen and oxygen atoms in total. The second-order valence-corrected chi connectivity index (χ2v) is 6.54. The number of amides is 1. The number of nitrogens with zero attached hydrogens (tertiary/aromatic N) is 1. The van der Waals surface area contributed by atoms with Gasteiger partial charge in [-0.15, -0.1) is 0 Å². The molecule has 0 radical (unpaired) electrons. The maximum atomic E-state index is 12.5. The molecular weight excluding hydrogens is 274 g/mol. The molecule has 118 valence electrons. The third-order valence-electron chi connectivity index (χ3n) is 5.38. The van der Waals surface area contributed by atoms with E-state index in [1.165, 1.54) is 24.5 Å². The molecule has 1 unspecified atom stereocenters. The fraction of sp³-hybridized carbons (Fsp3) is 0.526. The minimum absolute atomic E-state index is 0.0571. The standard InChI is InChI=1S/C19H25NO2/c1-2-18(21)20(15-16-7-4-3-5-8-16)17-9-6-10-19(17)11-13-22-14-12-19/h2-5,7-8,17H,1,6,9-15H2. The lowest BCUT2D eigenvalue weighted by Crippen LogP contribution is -2.49. The van der Waals surface area contributed by atoms with Crippen molar-refractivity contribution in [2.45, 2.75) is 44.7 Å². The van der Waals surface area contributed by atoms with Gasteiger partial charge < -0.3 is 9.64 Å². The van der Waals surface area contributed by atoms with Crippen LogP contribution in [0.25, 0.3) is 0 Å². The Kier molecular flexibility index (Phi) is 4.63. The summed E-state index contributed by atoms with van der Waals surface area (Å²) in [6.07, 6.45) is 7.15. The highest BCUT2D eigenvalue weighted by atomic mass is 16.5. The average molecular weight is 299 g/mol. The molecule has 1 spiro atoms. The predicted molar refractivity (Wildman–Crippen MR) is 87.3 cm³/mol. The first kappa shape index (κ1) is 15.3. The number of carbonyl (C=O) groups is 1. The van der Waals surface area contributed by atoms with E-state index in [2.05, 4.69) is 23.6 Å². The van der Waals surface area contributed by atoms with Crippen LogP contribution in [0.4, 0.5) is 0 Å². The minimum Gasteiger partial charge on any atom is -0.381 e. The van der Waals surface area contributed by atoms with E-state index in [1.54, 1.807) is 0 Å². The van der Waals surface area contributed by atoms with Crippen LogP contribution < -0.4 is 0 Å². The second-order valence-electron chi connectivity index (χ2n) is 6.54. The molecule has 1 aromatic rings. The molecule has 3 rings (SSSR count). The Labute approximate surface area is 133 Å². The highest BCUT2D eigenvalue weighted by Gasteiger charge is 2.47.